The van der Waals surface area contributed by atoms with Crippen molar-refractivity contribution < 1.29 is 9.53 Å². The summed E-state index contributed by atoms with van der Waals surface area (Å²) >= 11 is 6.16. The number of methoxy groups -OCH3 is 1. The van der Waals surface area contributed by atoms with Crippen LogP contribution in [0.1, 0.15) is 34.5 Å². The first-order chi connectivity index (χ1) is 13.4. The summed E-state index contributed by atoms with van der Waals surface area (Å²) in [5.74, 6) is 1.45. The van der Waals surface area contributed by atoms with Crippen molar-refractivity contribution in [3.05, 3.63) is 46.4 Å². The third-order valence-electron chi connectivity index (χ3n) is 5.21. The predicted octanol–water partition coefficient (Wildman–Crippen LogP) is 3.40. The topological polar surface area (TPSA) is 58.6 Å². The van der Waals surface area contributed by atoms with Gasteiger partial charge in [-0.2, -0.15) is 0 Å². The highest BCUT2D eigenvalue weighted by Crippen LogP contribution is 2.23. The molecule has 3 rings (SSSR count). The lowest BCUT2D eigenvalue weighted by atomic mass is 10.0. The number of halogens is 1. The number of rotatable bonds is 6. The van der Waals surface area contributed by atoms with Gasteiger partial charge in [-0.3, -0.25) is 4.79 Å². The molecule has 1 aromatic carbocycles. The number of ketones is 1. The lowest BCUT2D eigenvalue weighted by Crippen LogP contribution is -2.42. The smallest absolute Gasteiger partial charge is 0.224 e. The Hall–Kier alpha value is -2.18. The van der Waals surface area contributed by atoms with Gasteiger partial charge in [0.05, 0.1) is 19.2 Å². The van der Waals surface area contributed by atoms with E-state index < -0.39 is 0 Å². The second-order valence-corrected chi connectivity index (χ2v) is 7.85. The van der Waals surface area contributed by atoms with Crippen molar-refractivity contribution in [1.82, 2.24) is 14.9 Å². The zero-order valence-electron chi connectivity index (χ0n) is 16.9. The summed E-state index contributed by atoms with van der Waals surface area (Å²) in [6, 6.07) is 7.98. The summed E-state index contributed by atoms with van der Waals surface area (Å²) in [5, 5.41) is 0.178. The lowest BCUT2D eigenvalue weighted by Gasteiger charge is -2.35. The summed E-state index contributed by atoms with van der Waals surface area (Å²) in [6.07, 6.45) is 2.33. The number of ether oxygens (including phenoxy) is 1. The average Bonchev–Trinajstić information content (AvgIpc) is 2.67. The van der Waals surface area contributed by atoms with Crippen molar-refractivity contribution in [2.45, 2.75) is 32.2 Å². The molecule has 0 unspecified atom stereocenters. The standard InChI is InChI=1S/C21H27ClN4O2/c1-14-9-15(11-18(10-14)28-4)19(27)12-16-13-20(24-21(22)23-16)26-7-5-17(6-8-26)25(2)3/h9-11,13,17H,5-8,12H2,1-4H3. The fourth-order valence-electron chi connectivity index (χ4n) is 3.61. The van der Waals surface area contributed by atoms with Crippen LogP contribution in [-0.2, 0) is 6.42 Å². The van der Waals surface area contributed by atoms with E-state index in [-0.39, 0.29) is 17.5 Å². The molecular formula is C21H27ClN4O2. The van der Waals surface area contributed by atoms with E-state index in [1.54, 1.807) is 13.2 Å². The fourth-order valence-corrected chi connectivity index (χ4v) is 3.80. The lowest BCUT2D eigenvalue weighted by molar-refractivity contribution is 0.0991. The molecule has 7 heteroatoms. The quantitative estimate of drug-likeness (QED) is 0.545. The molecule has 0 aliphatic carbocycles. The normalized spacial score (nSPS) is 15.1. The maximum absolute atomic E-state index is 12.8. The first kappa shape index (κ1) is 20.6. The largest absolute Gasteiger partial charge is 0.497 e. The van der Waals surface area contributed by atoms with E-state index in [0.29, 0.717) is 23.0 Å². The SMILES string of the molecule is COc1cc(C)cc(C(=O)Cc2cc(N3CCC(N(C)C)CC3)nc(Cl)n2)c1. The molecule has 0 radical (unpaired) electrons. The number of Topliss-reactive ketones (excluding diaryl/α,β-unsaturated/α-hetero) is 1. The first-order valence-corrected chi connectivity index (χ1v) is 9.87. The van der Waals surface area contributed by atoms with E-state index in [1.807, 2.05) is 25.1 Å². The van der Waals surface area contributed by atoms with Gasteiger partial charge in [-0.1, -0.05) is 0 Å². The summed E-state index contributed by atoms with van der Waals surface area (Å²) in [7, 11) is 5.83. The van der Waals surface area contributed by atoms with Gasteiger partial charge in [0.25, 0.3) is 0 Å². The molecular weight excluding hydrogens is 376 g/mol. The number of carbonyl (C=O) groups is 1. The Morgan fingerprint density at radius 3 is 2.57 bits per heavy atom. The average molecular weight is 403 g/mol. The van der Waals surface area contributed by atoms with Gasteiger partial charge in [-0.05, 0) is 69.2 Å². The van der Waals surface area contributed by atoms with E-state index in [4.69, 9.17) is 16.3 Å². The van der Waals surface area contributed by atoms with Crippen LogP contribution in [0.25, 0.3) is 0 Å². The summed E-state index contributed by atoms with van der Waals surface area (Å²) < 4.78 is 5.27. The molecule has 1 aromatic heterocycles. The van der Waals surface area contributed by atoms with Gasteiger partial charge in [-0.25, -0.2) is 9.97 Å². The maximum atomic E-state index is 12.8. The molecule has 0 bridgehead atoms. The highest BCUT2D eigenvalue weighted by molar-refractivity contribution is 6.28. The van der Waals surface area contributed by atoms with Crippen molar-refractivity contribution >= 4 is 23.2 Å². The Morgan fingerprint density at radius 2 is 1.93 bits per heavy atom. The van der Waals surface area contributed by atoms with Crippen molar-refractivity contribution in [2.75, 3.05) is 39.2 Å². The molecule has 1 aliphatic rings. The molecule has 28 heavy (non-hydrogen) atoms. The molecule has 0 atom stereocenters. The minimum atomic E-state index is -0.0194. The van der Waals surface area contributed by atoms with Crippen LogP contribution >= 0.6 is 11.6 Å². The number of anilines is 1. The van der Waals surface area contributed by atoms with Crippen LogP contribution in [0.2, 0.25) is 5.28 Å². The first-order valence-electron chi connectivity index (χ1n) is 9.49. The number of nitrogens with zero attached hydrogens (tertiary/aromatic N) is 4. The number of benzene rings is 1. The molecule has 1 fully saturated rings. The van der Waals surface area contributed by atoms with Crippen molar-refractivity contribution in [3.63, 3.8) is 0 Å². The van der Waals surface area contributed by atoms with Gasteiger partial charge < -0.3 is 14.5 Å². The summed E-state index contributed by atoms with van der Waals surface area (Å²) in [6.45, 7) is 3.77. The third-order valence-corrected chi connectivity index (χ3v) is 5.38. The number of piperidine rings is 1. The van der Waals surface area contributed by atoms with Gasteiger partial charge in [0, 0.05) is 30.8 Å². The van der Waals surface area contributed by atoms with Crippen LogP contribution in [0.3, 0.4) is 0 Å². The summed E-state index contributed by atoms with van der Waals surface area (Å²) in [5.41, 5.74) is 2.23. The molecule has 150 valence electrons. The fraction of sp³-hybridized carbons (Fsp3) is 0.476. The third kappa shape index (κ3) is 5.00. The number of carbonyl (C=O) groups excluding carboxylic acids is 1. The zero-order chi connectivity index (χ0) is 20.3. The van der Waals surface area contributed by atoms with E-state index in [0.717, 1.165) is 37.3 Å². The second kappa shape index (κ2) is 8.88. The number of hydrogen-bond donors (Lipinski definition) is 0. The molecule has 1 saturated heterocycles. The van der Waals surface area contributed by atoms with Gasteiger partial charge >= 0.3 is 0 Å². The van der Waals surface area contributed by atoms with Crippen LogP contribution in [0.15, 0.2) is 24.3 Å². The molecule has 6 nitrogen and oxygen atoms in total. The van der Waals surface area contributed by atoms with Crippen LogP contribution in [0.5, 0.6) is 5.75 Å². The molecule has 2 heterocycles. The molecule has 1 aliphatic heterocycles. The minimum Gasteiger partial charge on any atom is -0.497 e. The highest BCUT2D eigenvalue weighted by Gasteiger charge is 2.22. The maximum Gasteiger partial charge on any atom is 0.224 e. The van der Waals surface area contributed by atoms with Crippen LogP contribution in [-0.4, -0.2) is 61.0 Å². The van der Waals surface area contributed by atoms with Crippen molar-refractivity contribution in [2.24, 2.45) is 0 Å². The van der Waals surface area contributed by atoms with E-state index >= 15 is 0 Å². The van der Waals surface area contributed by atoms with Gasteiger partial charge in [0.2, 0.25) is 5.28 Å². The Bertz CT molecular complexity index is 848. The van der Waals surface area contributed by atoms with E-state index in [9.17, 15) is 4.79 Å². The molecule has 0 amide bonds. The van der Waals surface area contributed by atoms with Crippen LogP contribution in [0.4, 0.5) is 5.82 Å². The van der Waals surface area contributed by atoms with Crippen molar-refractivity contribution in [3.8, 4) is 5.75 Å². The van der Waals surface area contributed by atoms with Crippen LogP contribution < -0.4 is 9.64 Å². The van der Waals surface area contributed by atoms with Crippen LogP contribution in [0, 0.1) is 6.92 Å². The molecule has 2 aromatic rings. The number of aromatic nitrogens is 2. The second-order valence-electron chi connectivity index (χ2n) is 7.51. The highest BCUT2D eigenvalue weighted by atomic mass is 35.5. The number of hydrogen-bond acceptors (Lipinski definition) is 6. The molecule has 0 saturated carbocycles. The monoisotopic (exact) mass is 402 g/mol. The Labute approximate surface area is 171 Å². The van der Waals surface area contributed by atoms with Gasteiger partial charge in [0.15, 0.2) is 5.78 Å². The predicted molar refractivity (Wildman–Crippen MR) is 112 cm³/mol. The minimum absolute atomic E-state index is 0.0194. The van der Waals surface area contributed by atoms with Crippen molar-refractivity contribution in [1.29, 1.82) is 0 Å². The van der Waals surface area contributed by atoms with E-state index in [1.165, 1.54) is 0 Å². The molecule has 0 spiro atoms. The zero-order valence-corrected chi connectivity index (χ0v) is 17.7. The molecule has 0 N–H and O–H groups in total. The Balaban J connectivity index is 1.75. The van der Waals surface area contributed by atoms with E-state index in [2.05, 4.69) is 33.9 Å². The Morgan fingerprint density at radius 1 is 1.21 bits per heavy atom. The number of aryl methyl sites for hydroxylation is 1. The van der Waals surface area contributed by atoms with Gasteiger partial charge in [0.1, 0.15) is 11.6 Å². The van der Waals surface area contributed by atoms with Gasteiger partial charge in [-0.15, -0.1) is 0 Å². The Kier molecular flexibility index (Phi) is 6.52. The summed E-state index contributed by atoms with van der Waals surface area (Å²) in [4.78, 5) is 25.9.